The Balaban J connectivity index is 1.57. The molecule has 2 aliphatic rings. The zero-order valence-electron chi connectivity index (χ0n) is 28.1. The summed E-state index contributed by atoms with van der Waals surface area (Å²) in [6, 6.07) is 3.72. The summed E-state index contributed by atoms with van der Waals surface area (Å²) in [5, 5.41) is 9.72. The number of carbonyl (C=O) groups is 3. The lowest BCUT2D eigenvalue weighted by Gasteiger charge is -2.34. The highest BCUT2D eigenvalue weighted by Gasteiger charge is 2.44. The molecule has 1 aliphatic heterocycles. The fourth-order valence-corrected chi connectivity index (χ4v) is 7.41. The number of anilines is 1. The van der Waals surface area contributed by atoms with E-state index in [0.717, 1.165) is 29.7 Å². The molecule has 2 fully saturated rings. The fourth-order valence-electron chi connectivity index (χ4n) is 6.46. The lowest BCUT2D eigenvalue weighted by atomic mass is 9.79. The molecule has 258 valence electrons. The summed E-state index contributed by atoms with van der Waals surface area (Å²) in [4.78, 5) is 44.4. The van der Waals surface area contributed by atoms with Gasteiger partial charge in [-0.05, 0) is 69.3 Å². The first-order valence-electron chi connectivity index (χ1n) is 16.5. The van der Waals surface area contributed by atoms with Gasteiger partial charge in [-0.15, -0.1) is 3.98 Å². The topological polar surface area (TPSA) is 137 Å². The SMILES string of the molecule is C=[N+]([C@@H](C(=O)N1CCN(C)CC1)[C@@H](C)c1ccc(NC(=O)[C@@H](NC(=O)c2ccnn2CC)C2CCC(C)CC2)c(F)c1)S(=O)(=O)CC. The van der Waals surface area contributed by atoms with E-state index in [1.807, 2.05) is 14.0 Å². The largest absolute Gasteiger partial charge is 0.364 e. The summed E-state index contributed by atoms with van der Waals surface area (Å²) >= 11 is 0. The van der Waals surface area contributed by atoms with Crippen molar-refractivity contribution in [1.82, 2.24) is 24.9 Å². The summed E-state index contributed by atoms with van der Waals surface area (Å²) in [5.74, 6) is -2.68. The summed E-state index contributed by atoms with van der Waals surface area (Å²) in [5.41, 5.74) is 0.638. The first kappa shape index (κ1) is 36.2. The number of aryl methyl sites for hydroxylation is 1. The van der Waals surface area contributed by atoms with E-state index in [1.165, 1.54) is 25.3 Å². The standard InChI is InChI=1S/C33H48FN7O5S/c1-7-41-28(15-16-35-41)31(42)37-29(24-11-9-22(3)10-12-24)32(43)36-27-14-13-25(21-26(27)34)23(4)30(39(6)47(45,46)8-2)33(44)40-19-17-38(5)18-20-40/h13-16,21-24,29-30H,6-12,17-20H2,1-5H3,(H-,36,37,42,43)/p+1/t22?,23-,24?,29-,30+/m0/s1. The monoisotopic (exact) mass is 674 g/mol. The number of likely N-dealkylation sites (N-methyl/N-ethyl adjacent to an activating group) is 1. The van der Waals surface area contributed by atoms with Crippen molar-refractivity contribution in [3.8, 4) is 0 Å². The van der Waals surface area contributed by atoms with Crippen LogP contribution in [0.2, 0.25) is 0 Å². The second-order valence-corrected chi connectivity index (χ2v) is 15.1. The molecule has 2 heterocycles. The van der Waals surface area contributed by atoms with Crippen LogP contribution >= 0.6 is 0 Å². The van der Waals surface area contributed by atoms with Gasteiger partial charge in [0.25, 0.3) is 17.9 Å². The molecule has 1 aromatic carbocycles. The number of nitrogens with one attached hydrogen (secondary N) is 2. The molecule has 3 amide bonds. The van der Waals surface area contributed by atoms with E-state index < -0.39 is 45.7 Å². The summed E-state index contributed by atoms with van der Waals surface area (Å²) < 4.78 is 43.9. The average molecular weight is 675 g/mol. The Bertz CT molecular complexity index is 1560. The van der Waals surface area contributed by atoms with E-state index in [1.54, 1.807) is 28.6 Å². The van der Waals surface area contributed by atoms with Crippen LogP contribution in [-0.4, -0.2) is 107 Å². The van der Waals surface area contributed by atoms with E-state index in [0.29, 0.717) is 49.9 Å². The Labute approximate surface area is 277 Å². The van der Waals surface area contributed by atoms with E-state index >= 15 is 4.39 Å². The van der Waals surface area contributed by atoms with Crippen molar-refractivity contribution in [3.05, 3.63) is 47.5 Å². The Morgan fingerprint density at radius 1 is 1.09 bits per heavy atom. The number of benzene rings is 1. The molecule has 0 bridgehead atoms. The van der Waals surface area contributed by atoms with Gasteiger partial charge in [0, 0.05) is 38.9 Å². The molecule has 1 aliphatic carbocycles. The fraction of sp³-hybridized carbons (Fsp3) is 0.606. The molecule has 14 heteroatoms. The van der Waals surface area contributed by atoms with Gasteiger partial charge >= 0.3 is 10.0 Å². The molecule has 3 atom stereocenters. The third kappa shape index (κ3) is 8.45. The van der Waals surface area contributed by atoms with Gasteiger partial charge in [0.2, 0.25) is 5.91 Å². The molecule has 0 spiro atoms. The minimum Gasteiger partial charge on any atom is -0.339 e. The Kier molecular flexibility index (Phi) is 11.9. The molecule has 1 saturated carbocycles. The maximum absolute atomic E-state index is 15.7. The van der Waals surface area contributed by atoms with Gasteiger partial charge in [0.1, 0.15) is 30.0 Å². The van der Waals surface area contributed by atoms with Gasteiger partial charge in [-0.3, -0.25) is 19.1 Å². The normalized spacial score (nSPS) is 21.0. The highest BCUT2D eigenvalue weighted by Crippen LogP contribution is 2.32. The summed E-state index contributed by atoms with van der Waals surface area (Å²) in [7, 11) is -1.91. The molecule has 2 N–H and O–H groups in total. The predicted molar refractivity (Wildman–Crippen MR) is 178 cm³/mol. The zero-order chi connectivity index (χ0) is 34.5. The predicted octanol–water partition coefficient (Wildman–Crippen LogP) is 2.91. The minimum absolute atomic E-state index is 0.0809. The number of sulfonamides is 1. The number of rotatable bonds is 12. The smallest absolute Gasteiger partial charge is 0.339 e. The lowest BCUT2D eigenvalue weighted by Crippen LogP contribution is -2.54. The third-order valence-electron chi connectivity index (χ3n) is 9.70. The van der Waals surface area contributed by atoms with Crippen molar-refractivity contribution in [2.45, 2.75) is 77.9 Å². The minimum atomic E-state index is -3.86. The van der Waals surface area contributed by atoms with E-state index in [4.69, 9.17) is 0 Å². The molecule has 12 nitrogen and oxygen atoms in total. The van der Waals surface area contributed by atoms with Crippen LogP contribution in [0.15, 0.2) is 30.5 Å². The number of hydrogen-bond acceptors (Lipinski definition) is 7. The van der Waals surface area contributed by atoms with Gasteiger partial charge < -0.3 is 20.4 Å². The molecule has 1 saturated heterocycles. The highest BCUT2D eigenvalue weighted by atomic mass is 32.2. The van der Waals surface area contributed by atoms with Crippen LogP contribution in [0.1, 0.15) is 75.3 Å². The zero-order valence-corrected chi connectivity index (χ0v) is 28.9. The van der Waals surface area contributed by atoms with Gasteiger partial charge in [-0.25, -0.2) is 4.39 Å². The highest BCUT2D eigenvalue weighted by molar-refractivity contribution is 7.85. The van der Waals surface area contributed by atoms with Gasteiger partial charge in [0.05, 0.1) is 11.6 Å². The van der Waals surface area contributed by atoms with Gasteiger partial charge in [-0.2, -0.15) is 13.5 Å². The maximum atomic E-state index is 15.7. The molecular weight excluding hydrogens is 625 g/mol. The quantitative estimate of drug-likeness (QED) is 0.261. The molecule has 47 heavy (non-hydrogen) atoms. The van der Waals surface area contributed by atoms with Crippen LogP contribution in [-0.2, 0) is 26.2 Å². The van der Waals surface area contributed by atoms with Gasteiger partial charge in [0.15, 0.2) is 0 Å². The Morgan fingerprint density at radius 2 is 1.74 bits per heavy atom. The van der Waals surface area contributed by atoms with Crippen LogP contribution in [0.5, 0.6) is 0 Å². The number of amides is 3. The average Bonchev–Trinajstić information content (AvgIpc) is 3.54. The third-order valence-corrected chi connectivity index (χ3v) is 11.4. The number of halogens is 1. The summed E-state index contributed by atoms with van der Waals surface area (Å²) in [6.07, 6.45) is 4.86. The second-order valence-electron chi connectivity index (χ2n) is 12.9. The van der Waals surface area contributed by atoms with E-state index in [9.17, 15) is 22.8 Å². The lowest BCUT2D eigenvalue weighted by molar-refractivity contribution is -0.398. The maximum Gasteiger partial charge on any atom is 0.364 e. The number of nitrogens with zero attached hydrogens (tertiary/aromatic N) is 5. The molecule has 1 aromatic heterocycles. The van der Waals surface area contributed by atoms with Crippen molar-refractivity contribution in [1.29, 1.82) is 0 Å². The van der Waals surface area contributed by atoms with Crippen molar-refractivity contribution in [2.75, 3.05) is 44.3 Å². The number of aromatic nitrogens is 2. The number of carbonyl (C=O) groups excluding carboxylic acids is 3. The first-order valence-corrected chi connectivity index (χ1v) is 18.1. The van der Waals surface area contributed by atoms with Crippen LogP contribution in [0.25, 0.3) is 0 Å². The van der Waals surface area contributed by atoms with Crippen LogP contribution < -0.4 is 10.6 Å². The van der Waals surface area contributed by atoms with E-state index in [2.05, 4.69) is 34.3 Å². The van der Waals surface area contributed by atoms with Crippen molar-refractivity contribution >= 4 is 40.1 Å². The Hall–Kier alpha value is -3.65. The van der Waals surface area contributed by atoms with Gasteiger partial charge in [-0.1, -0.05) is 32.8 Å². The number of hydrogen-bond donors (Lipinski definition) is 2. The Morgan fingerprint density at radius 3 is 2.34 bits per heavy atom. The van der Waals surface area contributed by atoms with Crippen molar-refractivity contribution < 1.29 is 31.2 Å². The second kappa shape index (κ2) is 15.5. The number of piperazine rings is 1. The summed E-state index contributed by atoms with van der Waals surface area (Å²) in [6.45, 7) is 13.6. The van der Waals surface area contributed by atoms with E-state index in [-0.39, 0.29) is 23.3 Å². The van der Waals surface area contributed by atoms with Crippen molar-refractivity contribution in [3.63, 3.8) is 0 Å². The molecule has 4 rings (SSSR count). The first-order chi connectivity index (χ1) is 22.3. The molecule has 0 unspecified atom stereocenters. The van der Waals surface area contributed by atoms with Crippen LogP contribution in [0, 0.1) is 17.7 Å². The molecular formula is C33H49FN7O5S+. The molecule has 2 aromatic rings. The molecule has 0 radical (unpaired) electrons. The van der Waals surface area contributed by atoms with Crippen molar-refractivity contribution in [2.24, 2.45) is 11.8 Å². The van der Waals surface area contributed by atoms with Crippen LogP contribution in [0.3, 0.4) is 0 Å². The van der Waals surface area contributed by atoms with Crippen LogP contribution in [0.4, 0.5) is 10.1 Å².